The Labute approximate surface area is 109 Å². The fourth-order valence-electron chi connectivity index (χ4n) is 3.47. The molecule has 0 spiro atoms. The average molecular weight is 248 g/mol. The summed E-state index contributed by atoms with van der Waals surface area (Å²) in [7, 11) is 2.05. The van der Waals surface area contributed by atoms with Crippen molar-refractivity contribution in [3.63, 3.8) is 0 Å². The molecule has 0 amide bonds. The lowest BCUT2D eigenvalue weighted by molar-refractivity contribution is 0.298. The first-order valence-electron chi connectivity index (χ1n) is 7.27. The molecule has 0 aromatic carbocycles. The monoisotopic (exact) mass is 248 g/mol. The van der Waals surface area contributed by atoms with E-state index < -0.39 is 0 Å². The van der Waals surface area contributed by atoms with Crippen LogP contribution in [0, 0.1) is 0 Å². The van der Waals surface area contributed by atoms with Crippen molar-refractivity contribution in [2.45, 2.75) is 51.2 Å². The third-order valence-corrected chi connectivity index (χ3v) is 4.54. The van der Waals surface area contributed by atoms with Gasteiger partial charge in [0.05, 0.1) is 11.4 Å². The van der Waals surface area contributed by atoms with Crippen molar-refractivity contribution in [1.29, 1.82) is 0 Å². The molecule has 2 atom stereocenters. The summed E-state index contributed by atoms with van der Waals surface area (Å²) in [4.78, 5) is 2.65. The van der Waals surface area contributed by atoms with E-state index in [1.165, 1.54) is 43.7 Å². The van der Waals surface area contributed by atoms with Crippen molar-refractivity contribution in [2.24, 2.45) is 7.05 Å². The summed E-state index contributed by atoms with van der Waals surface area (Å²) in [6, 6.07) is 3.71. The Morgan fingerprint density at radius 1 is 1.39 bits per heavy atom. The Bertz CT molecular complexity index is 412. The highest BCUT2D eigenvalue weighted by molar-refractivity contribution is 5.10. The zero-order valence-electron chi connectivity index (χ0n) is 11.5. The number of nitrogens with one attached hydrogen (secondary N) is 1. The van der Waals surface area contributed by atoms with Crippen molar-refractivity contribution in [1.82, 2.24) is 20.0 Å². The van der Waals surface area contributed by atoms with Crippen LogP contribution in [0.3, 0.4) is 0 Å². The second-order valence-corrected chi connectivity index (χ2v) is 5.63. The lowest BCUT2D eigenvalue weighted by Crippen LogP contribution is -2.39. The Hall–Kier alpha value is -0.870. The second kappa shape index (κ2) is 5.02. The molecule has 2 aliphatic rings. The van der Waals surface area contributed by atoms with Gasteiger partial charge in [-0.1, -0.05) is 6.92 Å². The normalized spacial score (nSPS) is 27.9. The van der Waals surface area contributed by atoms with E-state index in [-0.39, 0.29) is 0 Å². The van der Waals surface area contributed by atoms with Crippen molar-refractivity contribution in [3.05, 3.63) is 17.5 Å². The SMILES string of the molecule is CCc1cc(CNC2CCN3CCCC23)n(C)n1. The number of nitrogens with zero attached hydrogens (tertiary/aromatic N) is 3. The number of hydrogen-bond donors (Lipinski definition) is 1. The highest BCUT2D eigenvalue weighted by Gasteiger charge is 2.36. The molecule has 18 heavy (non-hydrogen) atoms. The predicted octanol–water partition coefficient (Wildman–Crippen LogP) is 1.31. The molecule has 1 aromatic heterocycles. The van der Waals surface area contributed by atoms with Crippen LogP contribution in [-0.2, 0) is 20.0 Å². The minimum Gasteiger partial charge on any atom is -0.307 e. The van der Waals surface area contributed by atoms with Gasteiger partial charge in [-0.2, -0.15) is 5.10 Å². The van der Waals surface area contributed by atoms with Gasteiger partial charge in [-0.25, -0.2) is 0 Å². The topological polar surface area (TPSA) is 33.1 Å². The molecule has 1 N–H and O–H groups in total. The van der Waals surface area contributed by atoms with Crippen LogP contribution in [0.15, 0.2) is 6.07 Å². The third-order valence-electron chi connectivity index (χ3n) is 4.54. The van der Waals surface area contributed by atoms with Crippen molar-refractivity contribution in [3.8, 4) is 0 Å². The highest BCUT2D eigenvalue weighted by atomic mass is 15.3. The van der Waals surface area contributed by atoms with Crippen molar-refractivity contribution >= 4 is 0 Å². The quantitative estimate of drug-likeness (QED) is 0.872. The van der Waals surface area contributed by atoms with Gasteiger partial charge in [0.15, 0.2) is 0 Å². The zero-order chi connectivity index (χ0) is 12.5. The molecule has 2 aliphatic heterocycles. The van der Waals surface area contributed by atoms with E-state index in [4.69, 9.17) is 0 Å². The number of rotatable bonds is 4. The Morgan fingerprint density at radius 2 is 2.28 bits per heavy atom. The van der Waals surface area contributed by atoms with Crippen molar-refractivity contribution in [2.75, 3.05) is 13.1 Å². The lowest BCUT2D eigenvalue weighted by Gasteiger charge is -2.21. The Kier molecular flexibility index (Phi) is 3.39. The van der Waals surface area contributed by atoms with Crippen LogP contribution in [0.2, 0.25) is 0 Å². The molecule has 3 heterocycles. The minimum absolute atomic E-state index is 0.687. The lowest BCUT2D eigenvalue weighted by atomic mass is 10.1. The Morgan fingerprint density at radius 3 is 3.06 bits per heavy atom. The van der Waals surface area contributed by atoms with Crippen LogP contribution in [-0.4, -0.2) is 39.9 Å². The second-order valence-electron chi connectivity index (χ2n) is 5.63. The van der Waals surface area contributed by atoms with Gasteiger partial charge in [0.2, 0.25) is 0 Å². The summed E-state index contributed by atoms with van der Waals surface area (Å²) in [5, 5.41) is 8.25. The van der Waals surface area contributed by atoms with Crippen LogP contribution in [0.1, 0.15) is 37.6 Å². The maximum absolute atomic E-state index is 4.51. The summed E-state index contributed by atoms with van der Waals surface area (Å²) in [5.74, 6) is 0. The van der Waals surface area contributed by atoms with E-state index in [1.54, 1.807) is 0 Å². The molecule has 1 aromatic rings. The van der Waals surface area contributed by atoms with Crippen LogP contribution in [0.4, 0.5) is 0 Å². The van der Waals surface area contributed by atoms with Crippen LogP contribution in [0.5, 0.6) is 0 Å². The molecule has 4 nitrogen and oxygen atoms in total. The first-order valence-corrected chi connectivity index (χ1v) is 7.27. The van der Waals surface area contributed by atoms with Gasteiger partial charge in [-0.3, -0.25) is 9.58 Å². The minimum atomic E-state index is 0.687. The first kappa shape index (κ1) is 12.2. The van der Waals surface area contributed by atoms with E-state index in [1.807, 2.05) is 11.7 Å². The van der Waals surface area contributed by atoms with Gasteiger partial charge in [0.1, 0.15) is 0 Å². The first-order chi connectivity index (χ1) is 8.78. The number of aromatic nitrogens is 2. The molecule has 2 saturated heterocycles. The van der Waals surface area contributed by atoms with Crippen molar-refractivity contribution < 1.29 is 0 Å². The summed E-state index contributed by atoms with van der Waals surface area (Å²) in [6.07, 6.45) is 5.09. The van der Waals surface area contributed by atoms with Crippen LogP contribution >= 0.6 is 0 Å². The molecule has 100 valence electrons. The number of fused-ring (bicyclic) bond motifs is 1. The van der Waals surface area contributed by atoms with Crippen LogP contribution < -0.4 is 5.32 Å². The van der Waals surface area contributed by atoms with Gasteiger partial charge in [0, 0.05) is 32.2 Å². The van der Waals surface area contributed by atoms with E-state index in [2.05, 4.69) is 28.3 Å². The number of aryl methyl sites for hydroxylation is 2. The van der Waals surface area contributed by atoms with E-state index in [0.717, 1.165) is 19.0 Å². The number of hydrogen-bond acceptors (Lipinski definition) is 3. The fourth-order valence-corrected chi connectivity index (χ4v) is 3.47. The molecule has 0 saturated carbocycles. The Balaban J connectivity index is 1.59. The predicted molar refractivity (Wildman–Crippen MR) is 72.4 cm³/mol. The van der Waals surface area contributed by atoms with Crippen LogP contribution in [0.25, 0.3) is 0 Å². The molecular formula is C14H24N4. The fraction of sp³-hybridized carbons (Fsp3) is 0.786. The van der Waals surface area contributed by atoms with E-state index in [9.17, 15) is 0 Å². The van der Waals surface area contributed by atoms with Gasteiger partial charge < -0.3 is 5.32 Å². The van der Waals surface area contributed by atoms with E-state index >= 15 is 0 Å². The van der Waals surface area contributed by atoms with Gasteiger partial charge in [0.25, 0.3) is 0 Å². The molecule has 3 rings (SSSR count). The average Bonchev–Trinajstić information content (AvgIpc) is 3.02. The van der Waals surface area contributed by atoms with E-state index in [0.29, 0.717) is 6.04 Å². The molecule has 2 unspecified atom stereocenters. The maximum atomic E-state index is 4.51. The summed E-state index contributed by atoms with van der Waals surface area (Å²) < 4.78 is 2.02. The summed E-state index contributed by atoms with van der Waals surface area (Å²) >= 11 is 0. The van der Waals surface area contributed by atoms with Gasteiger partial charge in [-0.05, 0) is 38.3 Å². The van der Waals surface area contributed by atoms with Gasteiger partial charge >= 0.3 is 0 Å². The zero-order valence-corrected chi connectivity index (χ0v) is 11.5. The smallest absolute Gasteiger partial charge is 0.0625 e. The van der Waals surface area contributed by atoms with Gasteiger partial charge in [-0.15, -0.1) is 0 Å². The molecular weight excluding hydrogens is 224 g/mol. The maximum Gasteiger partial charge on any atom is 0.0625 e. The standard InChI is InChI=1S/C14H24N4/c1-3-11-9-12(17(2)16-11)10-15-13-6-8-18-7-4-5-14(13)18/h9,13-15H,3-8,10H2,1-2H3. The summed E-state index contributed by atoms with van der Waals surface area (Å²) in [6.45, 7) is 5.72. The molecule has 0 radical (unpaired) electrons. The molecule has 4 heteroatoms. The largest absolute Gasteiger partial charge is 0.307 e. The summed E-state index contributed by atoms with van der Waals surface area (Å²) in [5.41, 5.74) is 2.51. The molecule has 0 bridgehead atoms. The third kappa shape index (κ3) is 2.19. The molecule has 2 fully saturated rings. The molecule has 0 aliphatic carbocycles. The highest BCUT2D eigenvalue weighted by Crippen LogP contribution is 2.28.